The second-order valence-corrected chi connectivity index (χ2v) is 4.68. The van der Waals surface area contributed by atoms with E-state index < -0.39 is 5.97 Å². The van der Waals surface area contributed by atoms with Gasteiger partial charge in [0.25, 0.3) is 0 Å². The summed E-state index contributed by atoms with van der Waals surface area (Å²) in [7, 11) is 3.99. The summed E-state index contributed by atoms with van der Waals surface area (Å²) in [5.41, 5.74) is 2.46. The SMILES string of the molecule is CN(C)c1ccc(COc2ccc(C(=O)O)cc2)cc1. The minimum absolute atomic E-state index is 0.257. The topological polar surface area (TPSA) is 49.8 Å². The highest BCUT2D eigenvalue weighted by molar-refractivity contribution is 5.87. The Morgan fingerprint density at radius 2 is 1.65 bits per heavy atom. The zero-order valence-electron chi connectivity index (χ0n) is 11.5. The van der Waals surface area contributed by atoms with E-state index in [0.717, 1.165) is 11.3 Å². The highest BCUT2D eigenvalue weighted by Crippen LogP contribution is 2.16. The van der Waals surface area contributed by atoms with Crippen molar-refractivity contribution in [3.05, 3.63) is 59.7 Å². The molecule has 0 saturated heterocycles. The third-order valence-corrected chi connectivity index (χ3v) is 2.96. The normalized spacial score (nSPS) is 10.1. The summed E-state index contributed by atoms with van der Waals surface area (Å²) in [6, 6.07) is 14.5. The summed E-state index contributed by atoms with van der Waals surface area (Å²) in [6.45, 7) is 0.458. The molecule has 2 aromatic rings. The van der Waals surface area contributed by atoms with E-state index in [0.29, 0.717) is 12.4 Å². The Morgan fingerprint density at radius 3 is 2.15 bits per heavy atom. The Kier molecular flexibility index (Phi) is 4.25. The van der Waals surface area contributed by atoms with Crippen LogP contribution >= 0.6 is 0 Å². The molecule has 0 fully saturated rings. The summed E-state index contributed by atoms with van der Waals surface area (Å²) in [5.74, 6) is -0.275. The van der Waals surface area contributed by atoms with E-state index in [2.05, 4.69) is 0 Å². The average Bonchev–Trinajstić information content (AvgIpc) is 2.46. The van der Waals surface area contributed by atoms with Crippen molar-refractivity contribution in [1.29, 1.82) is 0 Å². The van der Waals surface area contributed by atoms with Crippen LogP contribution in [0.1, 0.15) is 15.9 Å². The summed E-state index contributed by atoms with van der Waals surface area (Å²) in [4.78, 5) is 12.8. The van der Waals surface area contributed by atoms with Gasteiger partial charge in [-0.1, -0.05) is 12.1 Å². The number of carboxylic acids is 1. The van der Waals surface area contributed by atoms with Crippen LogP contribution in [0.25, 0.3) is 0 Å². The van der Waals surface area contributed by atoms with Crippen LogP contribution in [0.15, 0.2) is 48.5 Å². The van der Waals surface area contributed by atoms with Gasteiger partial charge in [-0.15, -0.1) is 0 Å². The van der Waals surface area contributed by atoms with Gasteiger partial charge in [0.1, 0.15) is 12.4 Å². The molecule has 0 saturated carbocycles. The summed E-state index contributed by atoms with van der Waals surface area (Å²) >= 11 is 0. The van der Waals surface area contributed by atoms with Gasteiger partial charge < -0.3 is 14.7 Å². The molecule has 2 aromatic carbocycles. The van der Waals surface area contributed by atoms with E-state index in [1.165, 1.54) is 12.1 Å². The predicted molar refractivity (Wildman–Crippen MR) is 78.5 cm³/mol. The smallest absolute Gasteiger partial charge is 0.335 e. The number of carbonyl (C=O) groups is 1. The van der Waals surface area contributed by atoms with E-state index >= 15 is 0 Å². The first-order valence-electron chi connectivity index (χ1n) is 6.28. The van der Waals surface area contributed by atoms with Gasteiger partial charge in [0.05, 0.1) is 5.56 Å². The van der Waals surface area contributed by atoms with E-state index in [-0.39, 0.29) is 5.56 Å². The number of ether oxygens (including phenoxy) is 1. The molecule has 0 unspecified atom stereocenters. The van der Waals surface area contributed by atoms with Crippen molar-refractivity contribution in [1.82, 2.24) is 0 Å². The maximum atomic E-state index is 10.7. The zero-order valence-corrected chi connectivity index (χ0v) is 11.5. The number of anilines is 1. The van der Waals surface area contributed by atoms with Gasteiger partial charge in [0.15, 0.2) is 0 Å². The van der Waals surface area contributed by atoms with Gasteiger partial charge in [-0.05, 0) is 42.0 Å². The van der Waals surface area contributed by atoms with Gasteiger partial charge in [0.2, 0.25) is 0 Å². The molecule has 0 atom stereocenters. The van der Waals surface area contributed by atoms with Crippen LogP contribution in [0.3, 0.4) is 0 Å². The fourth-order valence-corrected chi connectivity index (χ4v) is 1.75. The lowest BCUT2D eigenvalue weighted by Crippen LogP contribution is -2.08. The van der Waals surface area contributed by atoms with E-state index in [4.69, 9.17) is 9.84 Å². The molecule has 0 aliphatic heterocycles. The average molecular weight is 271 g/mol. The Balaban J connectivity index is 1.96. The largest absolute Gasteiger partial charge is 0.489 e. The molecule has 0 aliphatic carbocycles. The molecule has 0 heterocycles. The van der Waals surface area contributed by atoms with Crippen LogP contribution in [0.2, 0.25) is 0 Å². The van der Waals surface area contributed by atoms with Crippen molar-refractivity contribution >= 4 is 11.7 Å². The zero-order chi connectivity index (χ0) is 14.5. The van der Waals surface area contributed by atoms with E-state index in [9.17, 15) is 4.79 Å². The Morgan fingerprint density at radius 1 is 1.05 bits per heavy atom. The molecule has 20 heavy (non-hydrogen) atoms. The number of aromatic carboxylic acids is 1. The third kappa shape index (κ3) is 3.51. The number of hydrogen-bond donors (Lipinski definition) is 1. The molecule has 0 amide bonds. The number of nitrogens with zero attached hydrogens (tertiary/aromatic N) is 1. The van der Waals surface area contributed by atoms with Crippen LogP contribution in [0, 0.1) is 0 Å². The molecular weight excluding hydrogens is 254 g/mol. The maximum absolute atomic E-state index is 10.7. The maximum Gasteiger partial charge on any atom is 0.335 e. The van der Waals surface area contributed by atoms with Gasteiger partial charge in [-0.25, -0.2) is 4.79 Å². The summed E-state index contributed by atoms with van der Waals surface area (Å²) in [6.07, 6.45) is 0. The number of carboxylic acid groups (broad SMARTS) is 1. The first kappa shape index (κ1) is 13.9. The molecule has 1 N–H and O–H groups in total. The molecule has 4 heteroatoms. The molecule has 4 nitrogen and oxygen atoms in total. The fourth-order valence-electron chi connectivity index (χ4n) is 1.75. The van der Waals surface area contributed by atoms with Crippen molar-refractivity contribution in [2.75, 3.05) is 19.0 Å². The summed E-state index contributed by atoms with van der Waals surface area (Å²) in [5, 5.41) is 8.81. The lowest BCUT2D eigenvalue weighted by molar-refractivity contribution is 0.0697. The lowest BCUT2D eigenvalue weighted by atomic mass is 10.2. The molecule has 0 bridgehead atoms. The Bertz CT molecular complexity index is 574. The highest BCUT2D eigenvalue weighted by atomic mass is 16.5. The van der Waals surface area contributed by atoms with Gasteiger partial charge in [-0.2, -0.15) is 0 Å². The minimum Gasteiger partial charge on any atom is -0.489 e. The molecule has 0 aromatic heterocycles. The third-order valence-electron chi connectivity index (χ3n) is 2.96. The van der Waals surface area contributed by atoms with E-state index in [1.54, 1.807) is 12.1 Å². The second-order valence-electron chi connectivity index (χ2n) is 4.68. The molecule has 104 valence electrons. The minimum atomic E-state index is -0.934. The van der Waals surface area contributed by atoms with Gasteiger partial charge in [-0.3, -0.25) is 0 Å². The molecule has 0 spiro atoms. The monoisotopic (exact) mass is 271 g/mol. The van der Waals surface area contributed by atoms with Gasteiger partial charge >= 0.3 is 5.97 Å². The van der Waals surface area contributed by atoms with Crippen LogP contribution in [-0.4, -0.2) is 25.2 Å². The van der Waals surface area contributed by atoms with Crippen LogP contribution < -0.4 is 9.64 Å². The first-order chi connectivity index (χ1) is 9.56. The molecular formula is C16H17NO3. The number of rotatable bonds is 5. The second kappa shape index (κ2) is 6.10. The fraction of sp³-hybridized carbons (Fsp3) is 0.188. The quantitative estimate of drug-likeness (QED) is 0.908. The number of hydrogen-bond acceptors (Lipinski definition) is 3. The molecule has 2 rings (SSSR count). The van der Waals surface area contributed by atoms with Crippen molar-refractivity contribution in [3.63, 3.8) is 0 Å². The van der Waals surface area contributed by atoms with Crippen LogP contribution in [-0.2, 0) is 6.61 Å². The molecule has 0 radical (unpaired) electrons. The Labute approximate surface area is 118 Å². The molecule has 0 aliphatic rings. The summed E-state index contributed by atoms with van der Waals surface area (Å²) < 4.78 is 5.62. The van der Waals surface area contributed by atoms with Crippen LogP contribution in [0.4, 0.5) is 5.69 Å². The predicted octanol–water partition coefficient (Wildman–Crippen LogP) is 3.03. The standard InChI is InChI=1S/C16H17NO3/c1-17(2)14-7-3-12(4-8-14)11-20-15-9-5-13(6-10-15)16(18)19/h3-10H,11H2,1-2H3,(H,18,19). The first-order valence-corrected chi connectivity index (χ1v) is 6.28. The van der Waals surface area contributed by atoms with E-state index in [1.807, 2.05) is 43.3 Å². The van der Waals surface area contributed by atoms with Crippen molar-refractivity contribution in [2.45, 2.75) is 6.61 Å². The van der Waals surface area contributed by atoms with Crippen molar-refractivity contribution in [3.8, 4) is 5.75 Å². The lowest BCUT2D eigenvalue weighted by Gasteiger charge is -2.13. The van der Waals surface area contributed by atoms with Crippen molar-refractivity contribution in [2.24, 2.45) is 0 Å². The number of benzene rings is 2. The van der Waals surface area contributed by atoms with Gasteiger partial charge in [0, 0.05) is 19.8 Å². The van der Waals surface area contributed by atoms with Crippen molar-refractivity contribution < 1.29 is 14.6 Å². The van der Waals surface area contributed by atoms with Crippen LogP contribution in [0.5, 0.6) is 5.75 Å². The Hall–Kier alpha value is -2.49. The highest BCUT2D eigenvalue weighted by Gasteiger charge is 2.02.